The maximum atomic E-state index is 14.2. The van der Waals surface area contributed by atoms with Crippen LogP contribution in [-0.4, -0.2) is 12.4 Å². The van der Waals surface area contributed by atoms with Crippen molar-refractivity contribution in [1.82, 2.24) is 0 Å². The van der Waals surface area contributed by atoms with E-state index in [0.717, 1.165) is 24.3 Å². The monoisotopic (exact) mass is 428 g/mol. The van der Waals surface area contributed by atoms with Gasteiger partial charge in [-0.3, -0.25) is 0 Å². The fourth-order valence-electron chi connectivity index (χ4n) is 3.31. The first-order valence-corrected chi connectivity index (χ1v) is 8.58. The predicted octanol–water partition coefficient (Wildman–Crippen LogP) is 7.64. The molecule has 0 aliphatic rings. The third-order valence-corrected chi connectivity index (χ3v) is 5.78. The lowest BCUT2D eigenvalue weighted by Crippen LogP contribution is -2.55. The minimum absolute atomic E-state index is 0.125. The van der Waals surface area contributed by atoms with Gasteiger partial charge < -0.3 is 0 Å². The normalized spacial score (nSPS) is 13.2. The number of alkyl halides is 6. The van der Waals surface area contributed by atoms with Crippen LogP contribution in [0.3, 0.4) is 0 Å². The van der Waals surface area contributed by atoms with E-state index in [1.54, 1.807) is 0 Å². The molecule has 0 radical (unpaired) electrons. The molecule has 0 saturated heterocycles. The van der Waals surface area contributed by atoms with Crippen LogP contribution in [0.1, 0.15) is 33.4 Å². The Balaban J connectivity index is 3.06. The van der Waals surface area contributed by atoms with Crippen LogP contribution in [0.2, 0.25) is 10.0 Å². The lowest BCUT2D eigenvalue weighted by atomic mass is 9.71. The summed E-state index contributed by atoms with van der Waals surface area (Å²) in [5, 5.41) is 0.251. The molecule has 0 heterocycles. The van der Waals surface area contributed by atoms with E-state index in [4.69, 9.17) is 23.2 Å². The molecule has 0 amide bonds. The van der Waals surface area contributed by atoms with Gasteiger partial charge in [-0.05, 0) is 61.1 Å². The summed E-state index contributed by atoms with van der Waals surface area (Å²) in [5.74, 6) is 0. The summed E-state index contributed by atoms with van der Waals surface area (Å²) < 4.78 is 85.1. The van der Waals surface area contributed by atoms with Gasteiger partial charge in [0.2, 0.25) is 5.41 Å². The molecule has 0 aliphatic carbocycles. The predicted molar refractivity (Wildman–Crippen MR) is 94.7 cm³/mol. The van der Waals surface area contributed by atoms with Gasteiger partial charge in [-0.2, -0.15) is 26.3 Å². The van der Waals surface area contributed by atoms with Crippen LogP contribution in [0.5, 0.6) is 0 Å². The second kappa shape index (κ2) is 6.89. The van der Waals surface area contributed by atoms with Gasteiger partial charge in [0.15, 0.2) is 0 Å². The van der Waals surface area contributed by atoms with Crippen molar-refractivity contribution in [3.05, 3.63) is 67.7 Å². The molecule has 0 nitrogen and oxygen atoms in total. The van der Waals surface area contributed by atoms with Crippen LogP contribution in [0, 0.1) is 27.7 Å². The largest absolute Gasteiger partial charge is 0.411 e. The molecule has 0 unspecified atom stereocenters. The van der Waals surface area contributed by atoms with Gasteiger partial charge in [0, 0.05) is 10.0 Å². The quantitative estimate of drug-likeness (QED) is 0.431. The van der Waals surface area contributed by atoms with Gasteiger partial charge >= 0.3 is 12.4 Å². The van der Waals surface area contributed by atoms with Gasteiger partial charge in [0.1, 0.15) is 0 Å². The number of aryl methyl sites for hydroxylation is 4. The first kappa shape index (κ1) is 21.9. The van der Waals surface area contributed by atoms with E-state index in [-0.39, 0.29) is 32.3 Å². The molecule has 2 rings (SSSR count). The molecule has 0 aliphatic heterocycles. The SMILES string of the molecule is Cc1cc(C(c2cc(C)c(Cl)c(C)c2)(C(F)(F)F)C(F)(F)F)cc(C)c1Cl. The molecular formula is C19H16Cl2F6. The number of rotatable bonds is 2. The van der Waals surface area contributed by atoms with Gasteiger partial charge in [-0.1, -0.05) is 47.5 Å². The summed E-state index contributed by atoms with van der Waals surface area (Å²) in [7, 11) is 0. The van der Waals surface area contributed by atoms with E-state index in [0.29, 0.717) is 0 Å². The van der Waals surface area contributed by atoms with Gasteiger partial charge in [0.05, 0.1) is 0 Å². The van der Waals surface area contributed by atoms with E-state index >= 15 is 0 Å². The van der Waals surface area contributed by atoms with E-state index in [9.17, 15) is 26.3 Å². The highest BCUT2D eigenvalue weighted by Crippen LogP contribution is 2.57. The van der Waals surface area contributed by atoms with E-state index < -0.39 is 28.9 Å². The Hall–Kier alpha value is -1.40. The van der Waals surface area contributed by atoms with E-state index in [1.165, 1.54) is 27.7 Å². The van der Waals surface area contributed by atoms with Crippen LogP contribution < -0.4 is 0 Å². The molecular weight excluding hydrogens is 413 g/mol. The molecule has 0 saturated carbocycles. The van der Waals surface area contributed by atoms with Crippen molar-refractivity contribution in [1.29, 1.82) is 0 Å². The molecule has 0 atom stereocenters. The first-order chi connectivity index (χ1) is 12.1. The lowest BCUT2D eigenvalue weighted by Gasteiger charge is -2.39. The number of hydrogen-bond acceptors (Lipinski definition) is 0. The molecule has 0 fully saturated rings. The van der Waals surface area contributed by atoms with Crippen LogP contribution in [0.25, 0.3) is 0 Å². The summed E-state index contributed by atoms with van der Waals surface area (Å²) in [6, 6.07) is 3.37. The molecule has 148 valence electrons. The third-order valence-electron chi connectivity index (χ3n) is 4.59. The molecule has 27 heavy (non-hydrogen) atoms. The average Bonchev–Trinajstić information content (AvgIpc) is 2.47. The van der Waals surface area contributed by atoms with Crippen molar-refractivity contribution in [3.63, 3.8) is 0 Å². The van der Waals surface area contributed by atoms with Crippen molar-refractivity contribution in [2.75, 3.05) is 0 Å². The molecule has 0 N–H and O–H groups in total. The van der Waals surface area contributed by atoms with Crippen LogP contribution >= 0.6 is 23.2 Å². The van der Waals surface area contributed by atoms with Gasteiger partial charge in [-0.15, -0.1) is 0 Å². The summed E-state index contributed by atoms with van der Waals surface area (Å²) in [6.45, 7) is 5.48. The van der Waals surface area contributed by atoms with E-state index in [2.05, 4.69) is 0 Å². The zero-order chi connectivity index (χ0) is 20.9. The Morgan fingerprint density at radius 1 is 0.556 bits per heavy atom. The Morgan fingerprint density at radius 3 is 0.963 bits per heavy atom. The van der Waals surface area contributed by atoms with Crippen molar-refractivity contribution >= 4 is 23.2 Å². The number of hydrogen-bond donors (Lipinski definition) is 0. The first-order valence-electron chi connectivity index (χ1n) is 7.82. The Labute approximate surface area is 163 Å². The summed E-state index contributed by atoms with van der Waals surface area (Å²) in [4.78, 5) is 0. The standard InChI is InChI=1S/C19H16Cl2F6/c1-9-5-13(6-10(2)15(9)20)17(18(22,23)24,19(25,26)27)14-7-11(3)16(21)12(4)8-14/h5-8H,1-4H3. The molecule has 2 aromatic rings. The highest BCUT2D eigenvalue weighted by atomic mass is 35.5. The molecule has 8 heteroatoms. The topological polar surface area (TPSA) is 0 Å². The van der Waals surface area contributed by atoms with Gasteiger partial charge in [-0.25, -0.2) is 0 Å². The van der Waals surface area contributed by atoms with Crippen molar-refractivity contribution < 1.29 is 26.3 Å². The van der Waals surface area contributed by atoms with Crippen LogP contribution in [-0.2, 0) is 5.41 Å². The van der Waals surface area contributed by atoms with Crippen LogP contribution in [0.15, 0.2) is 24.3 Å². The summed E-state index contributed by atoms with van der Waals surface area (Å²) in [6.07, 6.45) is -11.3. The third kappa shape index (κ3) is 3.42. The minimum Gasteiger partial charge on any atom is -0.169 e. The lowest BCUT2D eigenvalue weighted by molar-refractivity contribution is -0.288. The summed E-state index contributed by atoms with van der Waals surface area (Å²) >= 11 is 11.9. The number of benzene rings is 2. The minimum atomic E-state index is -5.65. The Kier molecular flexibility index (Phi) is 5.59. The van der Waals surface area contributed by atoms with Gasteiger partial charge in [0.25, 0.3) is 0 Å². The fourth-order valence-corrected chi connectivity index (χ4v) is 3.53. The fraction of sp³-hybridized carbons (Fsp3) is 0.368. The highest BCUT2D eigenvalue weighted by Gasteiger charge is 2.72. The highest BCUT2D eigenvalue weighted by molar-refractivity contribution is 6.32. The van der Waals surface area contributed by atoms with Crippen molar-refractivity contribution in [2.24, 2.45) is 0 Å². The Morgan fingerprint density at radius 2 is 0.778 bits per heavy atom. The molecule has 0 spiro atoms. The second-order valence-electron chi connectivity index (χ2n) is 6.59. The average molecular weight is 429 g/mol. The van der Waals surface area contributed by atoms with E-state index in [1.807, 2.05) is 0 Å². The van der Waals surface area contributed by atoms with Crippen LogP contribution in [0.4, 0.5) is 26.3 Å². The zero-order valence-corrected chi connectivity index (χ0v) is 16.3. The Bertz CT molecular complexity index is 761. The smallest absolute Gasteiger partial charge is 0.169 e. The maximum Gasteiger partial charge on any atom is 0.411 e. The number of halogens is 8. The molecule has 2 aromatic carbocycles. The van der Waals surface area contributed by atoms with Crippen molar-refractivity contribution in [2.45, 2.75) is 45.5 Å². The summed E-state index contributed by atoms with van der Waals surface area (Å²) in [5.41, 5.74) is -5.54. The maximum absolute atomic E-state index is 14.2. The molecule has 0 bridgehead atoms. The molecule has 0 aromatic heterocycles. The zero-order valence-electron chi connectivity index (χ0n) is 14.8. The second-order valence-corrected chi connectivity index (χ2v) is 7.35. The van der Waals surface area contributed by atoms with Crippen molar-refractivity contribution in [3.8, 4) is 0 Å².